The number of nitrogens with one attached hydrogen (secondary N) is 1. The Kier molecular flexibility index (Phi) is 2.99. The van der Waals surface area contributed by atoms with Crippen LogP contribution in [0.4, 0.5) is 6.01 Å². The zero-order chi connectivity index (χ0) is 10.5. The van der Waals surface area contributed by atoms with E-state index in [1.807, 2.05) is 12.1 Å². The molecule has 6 heteroatoms. The van der Waals surface area contributed by atoms with Crippen molar-refractivity contribution in [3.63, 3.8) is 0 Å². The summed E-state index contributed by atoms with van der Waals surface area (Å²) in [6.07, 6.45) is 2.21. The Morgan fingerprint density at radius 1 is 1.40 bits per heavy atom. The van der Waals surface area contributed by atoms with Gasteiger partial charge in [0.2, 0.25) is 5.89 Å². The van der Waals surface area contributed by atoms with Crippen molar-refractivity contribution in [3.05, 3.63) is 30.0 Å². The van der Waals surface area contributed by atoms with Gasteiger partial charge in [-0.25, -0.2) is 0 Å². The van der Waals surface area contributed by atoms with Crippen molar-refractivity contribution in [3.8, 4) is 0 Å². The molecule has 0 unspecified atom stereocenters. The molecule has 2 aromatic heterocycles. The monoisotopic (exact) mass is 208 g/mol. The molecule has 80 valence electrons. The second kappa shape index (κ2) is 4.61. The molecule has 0 aliphatic rings. The molecule has 2 aromatic rings. The highest BCUT2D eigenvalue weighted by atomic mass is 16.4. The van der Waals surface area contributed by atoms with Gasteiger partial charge in [0.25, 0.3) is 0 Å². The molecule has 0 aliphatic heterocycles. The minimum atomic E-state index is 0.384. The minimum absolute atomic E-state index is 0.384. The van der Waals surface area contributed by atoms with Gasteiger partial charge >= 0.3 is 6.01 Å². The highest BCUT2D eigenvalue weighted by Crippen LogP contribution is 2.08. The van der Waals surface area contributed by atoms with E-state index in [1.165, 1.54) is 0 Å². The van der Waals surface area contributed by atoms with Crippen LogP contribution < -0.4 is 11.1 Å². The van der Waals surface area contributed by atoms with Crippen LogP contribution in [0.2, 0.25) is 0 Å². The van der Waals surface area contributed by atoms with E-state index >= 15 is 0 Å². The Balaban J connectivity index is 1.88. The summed E-state index contributed by atoms with van der Waals surface area (Å²) in [5, 5.41) is 10.6. The predicted molar refractivity (Wildman–Crippen MR) is 53.1 cm³/mol. The van der Waals surface area contributed by atoms with Gasteiger partial charge < -0.3 is 19.9 Å². The van der Waals surface area contributed by atoms with Crippen LogP contribution in [0.15, 0.2) is 27.2 Å². The first kappa shape index (κ1) is 9.72. The van der Waals surface area contributed by atoms with Crippen LogP contribution in [0.1, 0.15) is 11.7 Å². The van der Waals surface area contributed by atoms with E-state index in [-0.39, 0.29) is 0 Å². The zero-order valence-corrected chi connectivity index (χ0v) is 8.14. The predicted octanol–water partition coefficient (Wildman–Crippen LogP) is 0.776. The topological polar surface area (TPSA) is 90.1 Å². The lowest BCUT2D eigenvalue weighted by atomic mass is 10.4. The molecule has 6 nitrogen and oxygen atoms in total. The van der Waals surface area contributed by atoms with Gasteiger partial charge in [-0.05, 0) is 12.1 Å². The molecule has 0 atom stereocenters. The van der Waals surface area contributed by atoms with E-state index in [9.17, 15) is 0 Å². The average Bonchev–Trinajstić information content (AvgIpc) is 2.85. The quantitative estimate of drug-likeness (QED) is 0.754. The fraction of sp³-hybridized carbons (Fsp3) is 0.333. The molecule has 0 spiro atoms. The molecule has 3 N–H and O–H groups in total. The summed E-state index contributed by atoms with van der Waals surface area (Å²) in [5.74, 6) is 1.35. The van der Waals surface area contributed by atoms with E-state index < -0.39 is 0 Å². The van der Waals surface area contributed by atoms with Crippen LogP contribution in [0.5, 0.6) is 0 Å². The smallest absolute Gasteiger partial charge is 0.315 e. The number of rotatable bonds is 5. The average molecular weight is 208 g/mol. The maximum Gasteiger partial charge on any atom is 0.315 e. The van der Waals surface area contributed by atoms with Crippen molar-refractivity contribution in [2.24, 2.45) is 5.73 Å². The SMILES string of the molecule is NCCc1nnc(NCc2ccco2)o1. The van der Waals surface area contributed by atoms with Crippen molar-refractivity contribution in [1.82, 2.24) is 10.2 Å². The fourth-order valence-electron chi connectivity index (χ4n) is 1.13. The molecule has 0 aliphatic carbocycles. The third kappa shape index (κ3) is 2.57. The lowest BCUT2D eigenvalue weighted by Crippen LogP contribution is -2.02. The first-order valence-electron chi connectivity index (χ1n) is 4.67. The summed E-state index contributed by atoms with van der Waals surface area (Å²) in [5.41, 5.74) is 5.36. The number of hydrogen-bond acceptors (Lipinski definition) is 6. The van der Waals surface area contributed by atoms with Crippen LogP contribution in [0.3, 0.4) is 0 Å². The number of anilines is 1. The molecular formula is C9H12N4O2. The summed E-state index contributed by atoms with van der Waals surface area (Å²) in [6.45, 7) is 1.02. The number of nitrogens with zero attached hydrogens (tertiary/aromatic N) is 2. The highest BCUT2D eigenvalue weighted by Gasteiger charge is 2.04. The number of hydrogen-bond donors (Lipinski definition) is 2. The molecule has 0 radical (unpaired) electrons. The number of nitrogens with two attached hydrogens (primary N) is 1. The Labute approximate surface area is 86.5 Å². The molecule has 0 saturated carbocycles. The van der Waals surface area contributed by atoms with Gasteiger partial charge in [0.1, 0.15) is 5.76 Å². The number of aromatic nitrogens is 2. The summed E-state index contributed by atoms with van der Waals surface area (Å²) in [7, 11) is 0. The Hall–Kier alpha value is -1.82. The molecule has 0 fully saturated rings. The van der Waals surface area contributed by atoms with Crippen molar-refractivity contribution in [2.45, 2.75) is 13.0 Å². The molecule has 2 heterocycles. The standard InChI is InChI=1S/C9H12N4O2/c10-4-3-8-12-13-9(15-8)11-6-7-2-1-5-14-7/h1-2,5H,3-4,6,10H2,(H,11,13). The molecule has 0 aromatic carbocycles. The first-order valence-corrected chi connectivity index (χ1v) is 4.67. The second-order valence-corrected chi connectivity index (χ2v) is 2.97. The normalized spacial score (nSPS) is 10.5. The van der Waals surface area contributed by atoms with E-state index in [4.69, 9.17) is 14.6 Å². The van der Waals surface area contributed by atoms with Crippen LogP contribution in [0.25, 0.3) is 0 Å². The molecule has 15 heavy (non-hydrogen) atoms. The summed E-state index contributed by atoms with van der Waals surface area (Å²) >= 11 is 0. The Morgan fingerprint density at radius 3 is 3.07 bits per heavy atom. The van der Waals surface area contributed by atoms with Crippen molar-refractivity contribution in [2.75, 3.05) is 11.9 Å². The van der Waals surface area contributed by atoms with E-state index in [0.717, 1.165) is 5.76 Å². The highest BCUT2D eigenvalue weighted by molar-refractivity contribution is 5.18. The summed E-state index contributed by atoms with van der Waals surface area (Å²) in [6, 6.07) is 4.07. The molecular weight excluding hydrogens is 196 g/mol. The summed E-state index contributed by atoms with van der Waals surface area (Å²) < 4.78 is 10.4. The van der Waals surface area contributed by atoms with Crippen LogP contribution in [-0.4, -0.2) is 16.7 Å². The van der Waals surface area contributed by atoms with E-state index in [1.54, 1.807) is 6.26 Å². The van der Waals surface area contributed by atoms with Gasteiger partial charge in [0, 0.05) is 13.0 Å². The zero-order valence-electron chi connectivity index (χ0n) is 8.14. The first-order chi connectivity index (χ1) is 7.38. The van der Waals surface area contributed by atoms with Gasteiger partial charge in [-0.2, -0.15) is 0 Å². The van der Waals surface area contributed by atoms with Gasteiger partial charge in [-0.15, -0.1) is 5.10 Å². The van der Waals surface area contributed by atoms with Crippen LogP contribution in [0, 0.1) is 0 Å². The lowest BCUT2D eigenvalue weighted by molar-refractivity contribution is 0.492. The molecule has 0 saturated heterocycles. The van der Waals surface area contributed by atoms with Crippen molar-refractivity contribution < 1.29 is 8.83 Å². The molecule has 0 amide bonds. The van der Waals surface area contributed by atoms with Gasteiger partial charge in [-0.1, -0.05) is 5.10 Å². The fourth-order valence-corrected chi connectivity index (χ4v) is 1.13. The Bertz CT molecular complexity index is 396. The van der Waals surface area contributed by atoms with Crippen LogP contribution >= 0.6 is 0 Å². The van der Waals surface area contributed by atoms with Crippen molar-refractivity contribution in [1.29, 1.82) is 0 Å². The third-order valence-corrected chi connectivity index (χ3v) is 1.82. The summed E-state index contributed by atoms with van der Waals surface area (Å²) in [4.78, 5) is 0. The second-order valence-electron chi connectivity index (χ2n) is 2.97. The minimum Gasteiger partial charge on any atom is -0.467 e. The number of furan rings is 1. The van der Waals surface area contributed by atoms with Crippen LogP contribution in [-0.2, 0) is 13.0 Å². The third-order valence-electron chi connectivity index (χ3n) is 1.82. The largest absolute Gasteiger partial charge is 0.467 e. The van der Waals surface area contributed by atoms with Gasteiger partial charge in [0.15, 0.2) is 0 Å². The van der Waals surface area contributed by atoms with E-state index in [2.05, 4.69) is 15.5 Å². The lowest BCUT2D eigenvalue weighted by Gasteiger charge is -1.96. The maximum absolute atomic E-state index is 5.36. The van der Waals surface area contributed by atoms with Gasteiger partial charge in [-0.3, -0.25) is 0 Å². The molecule has 0 bridgehead atoms. The van der Waals surface area contributed by atoms with E-state index in [0.29, 0.717) is 31.4 Å². The van der Waals surface area contributed by atoms with Crippen molar-refractivity contribution >= 4 is 6.01 Å². The van der Waals surface area contributed by atoms with Gasteiger partial charge in [0.05, 0.1) is 12.8 Å². The Morgan fingerprint density at radius 2 is 2.33 bits per heavy atom. The molecule has 2 rings (SSSR count). The maximum atomic E-state index is 5.36.